The predicted octanol–water partition coefficient (Wildman–Crippen LogP) is 2.63. The first-order chi connectivity index (χ1) is 8.77. The van der Waals surface area contributed by atoms with Gasteiger partial charge in [-0.15, -0.1) is 0 Å². The number of hydrogen-bond donors (Lipinski definition) is 1. The molecule has 1 saturated carbocycles. The van der Waals surface area contributed by atoms with Crippen molar-refractivity contribution < 1.29 is 9.59 Å². The lowest BCUT2D eigenvalue weighted by Crippen LogP contribution is -2.45. The first-order valence-corrected chi connectivity index (χ1v) is 7.55. The maximum atomic E-state index is 12.2. The van der Waals surface area contributed by atoms with Crippen molar-refractivity contribution in [1.82, 2.24) is 5.32 Å². The van der Waals surface area contributed by atoms with Gasteiger partial charge in [-0.25, -0.2) is 0 Å². The first-order valence-electron chi connectivity index (χ1n) is 7.55. The van der Waals surface area contributed by atoms with Gasteiger partial charge in [0.15, 0.2) is 5.78 Å². The molecule has 102 valence electrons. The van der Waals surface area contributed by atoms with Gasteiger partial charge in [0.1, 0.15) is 5.78 Å². The van der Waals surface area contributed by atoms with Gasteiger partial charge >= 0.3 is 0 Å². The highest BCUT2D eigenvalue weighted by atomic mass is 16.1. The fraction of sp³-hybridized carbons (Fsp3) is 0.867. The normalized spacial score (nSPS) is 29.2. The third kappa shape index (κ3) is 3.91. The van der Waals surface area contributed by atoms with Crippen LogP contribution in [0.1, 0.15) is 64.2 Å². The molecule has 1 heterocycles. The largest absolute Gasteiger partial charge is 0.307 e. The quantitative estimate of drug-likeness (QED) is 0.729. The summed E-state index contributed by atoms with van der Waals surface area (Å²) in [7, 11) is 0. The summed E-state index contributed by atoms with van der Waals surface area (Å²) in [5.74, 6) is 0.742. The van der Waals surface area contributed by atoms with Crippen molar-refractivity contribution in [3.8, 4) is 0 Å². The predicted molar refractivity (Wildman–Crippen MR) is 71.5 cm³/mol. The summed E-state index contributed by atoms with van der Waals surface area (Å²) in [5, 5.41) is 3.41. The van der Waals surface area contributed by atoms with Gasteiger partial charge in [0.2, 0.25) is 0 Å². The van der Waals surface area contributed by atoms with Crippen LogP contribution in [0.25, 0.3) is 0 Å². The van der Waals surface area contributed by atoms with Gasteiger partial charge in [-0.3, -0.25) is 9.59 Å². The number of nitrogens with one attached hydrogen (secondary N) is 1. The van der Waals surface area contributed by atoms with E-state index in [9.17, 15) is 9.59 Å². The van der Waals surface area contributed by atoms with Crippen LogP contribution in [0.2, 0.25) is 0 Å². The Bertz CT molecular complexity index is 293. The van der Waals surface area contributed by atoms with Crippen LogP contribution in [0, 0.1) is 5.92 Å². The molecule has 1 atom stereocenters. The Balaban J connectivity index is 1.98. The van der Waals surface area contributed by atoms with E-state index in [0.29, 0.717) is 12.3 Å². The number of carbonyl (C=O) groups excluding carboxylic acids is 2. The van der Waals surface area contributed by atoms with Crippen LogP contribution in [0.5, 0.6) is 0 Å². The van der Waals surface area contributed by atoms with E-state index in [1.807, 2.05) is 0 Å². The molecular weight excluding hydrogens is 226 g/mol. The fourth-order valence-electron chi connectivity index (χ4n) is 3.30. The molecule has 0 radical (unpaired) electrons. The second-order valence-corrected chi connectivity index (χ2v) is 5.82. The Kier molecular flexibility index (Phi) is 5.36. The van der Waals surface area contributed by atoms with E-state index in [1.165, 1.54) is 32.1 Å². The monoisotopic (exact) mass is 251 g/mol. The molecule has 2 aliphatic rings. The van der Waals surface area contributed by atoms with Crippen LogP contribution in [0.3, 0.4) is 0 Å². The minimum absolute atomic E-state index is 0.0488. The molecule has 0 amide bonds. The summed E-state index contributed by atoms with van der Waals surface area (Å²) in [4.78, 5) is 23.7. The van der Waals surface area contributed by atoms with E-state index in [-0.39, 0.29) is 24.0 Å². The number of hydrogen-bond acceptors (Lipinski definition) is 3. The van der Waals surface area contributed by atoms with Gasteiger partial charge in [-0.05, 0) is 31.7 Å². The zero-order valence-corrected chi connectivity index (χ0v) is 11.2. The minimum Gasteiger partial charge on any atom is -0.307 e. The Morgan fingerprint density at radius 3 is 2.28 bits per heavy atom. The molecule has 2 rings (SSSR count). The van der Waals surface area contributed by atoms with E-state index in [1.54, 1.807) is 0 Å². The van der Waals surface area contributed by atoms with Gasteiger partial charge in [-0.1, -0.05) is 32.1 Å². The van der Waals surface area contributed by atoms with Gasteiger partial charge in [-0.2, -0.15) is 0 Å². The zero-order valence-electron chi connectivity index (χ0n) is 11.2. The molecule has 1 aliphatic heterocycles. The first kappa shape index (κ1) is 13.7. The molecular formula is C15H25NO2. The number of Topliss-reactive ketones (excluding diaryl/α,β-unsaturated/α-hetero) is 2. The van der Waals surface area contributed by atoms with Crippen LogP contribution in [0.15, 0.2) is 0 Å². The molecule has 1 N–H and O–H groups in total. The maximum Gasteiger partial charge on any atom is 0.157 e. The molecule has 3 heteroatoms. The number of rotatable bonds is 1. The van der Waals surface area contributed by atoms with E-state index in [0.717, 1.165) is 25.8 Å². The SMILES string of the molecule is O=C1CCCNC(C2CCCCCCC2)C(=O)C1. The summed E-state index contributed by atoms with van der Waals surface area (Å²) >= 11 is 0. The lowest BCUT2D eigenvalue weighted by atomic mass is 9.82. The molecule has 3 nitrogen and oxygen atoms in total. The van der Waals surface area contributed by atoms with Gasteiger partial charge in [0.25, 0.3) is 0 Å². The standard InChI is InChI=1S/C15H25NO2/c17-13-9-6-10-16-15(14(18)11-13)12-7-4-2-1-3-5-8-12/h12,15-16H,1-11H2. The summed E-state index contributed by atoms with van der Waals surface area (Å²) in [6.45, 7) is 0.818. The maximum absolute atomic E-state index is 12.2. The summed E-state index contributed by atoms with van der Waals surface area (Å²) in [6.07, 6.45) is 10.3. The third-order valence-electron chi connectivity index (χ3n) is 4.34. The third-order valence-corrected chi connectivity index (χ3v) is 4.34. The molecule has 2 fully saturated rings. The van der Waals surface area contributed by atoms with Crippen LogP contribution in [0.4, 0.5) is 0 Å². The lowest BCUT2D eigenvalue weighted by Gasteiger charge is -2.29. The Hall–Kier alpha value is -0.700. The van der Waals surface area contributed by atoms with Crippen molar-refractivity contribution in [2.75, 3.05) is 6.54 Å². The van der Waals surface area contributed by atoms with E-state index in [2.05, 4.69) is 5.32 Å². The highest BCUT2D eigenvalue weighted by molar-refractivity contribution is 6.01. The van der Waals surface area contributed by atoms with Crippen LogP contribution in [-0.2, 0) is 9.59 Å². The van der Waals surface area contributed by atoms with E-state index in [4.69, 9.17) is 0 Å². The van der Waals surface area contributed by atoms with Crippen molar-refractivity contribution >= 4 is 11.6 Å². The highest BCUT2D eigenvalue weighted by Gasteiger charge is 2.29. The van der Waals surface area contributed by atoms with Gasteiger partial charge in [0, 0.05) is 6.42 Å². The van der Waals surface area contributed by atoms with Gasteiger partial charge < -0.3 is 5.32 Å². The molecule has 1 saturated heterocycles. The van der Waals surface area contributed by atoms with Crippen molar-refractivity contribution in [3.05, 3.63) is 0 Å². The minimum atomic E-state index is -0.0488. The second-order valence-electron chi connectivity index (χ2n) is 5.82. The topological polar surface area (TPSA) is 46.2 Å². The summed E-state index contributed by atoms with van der Waals surface area (Å²) < 4.78 is 0. The fourth-order valence-corrected chi connectivity index (χ4v) is 3.30. The average Bonchev–Trinajstić information content (AvgIpc) is 2.28. The molecule has 0 bridgehead atoms. The van der Waals surface area contributed by atoms with Gasteiger partial charge in [0.05, 0.1) is 12.5 Å². The smallest absolute Gasteiger partial charge is 0.157 e. The number of carbonyl (C=O) groups is 2. The van der Waals surface area contributed by atoms with Crippen LogP contribution >= 0.6 is 0 Å². The Morgan fingerprint density at radius 1 is 0.889 bits per heavy atom. The van der Waals surface area contributed by atoms with Crippen molar-refractivity contribution in [1.29, 1.82) is 0 Å². The highest BCUT2D eigenvalue weighted by Crippen LogP contribution is 2.26. The van der Waals surface area contributed by atoms with Crippen molar-refractivity contribution in [2.45, 2.75) is 70.3 Å². The molecule has 1 unspecified atom stereocenters. The Labute approximate surface area is 110 Å². The molecule has 0 spiro atoms. The van der Waals surface area contributed by atoms with E-state index < -0.39 is 0 Å². The Morgan fingerprint density at radius 2 is 1.56 bits per heavy atom. The van der Waals surface area contributed by atoms with Crippen molar-refractivity contribution in [2.24, 2.45) is 5.92 Å². The summed E-state index contributed by atoms with van der Waals surface area (Å²) in [5.41, 5.74) is 0. The molecule has 0 aromatic carbocycles. The molecule has 0 aromatic heterocycles. The zero-order chi connectivity index (χ0) is 12.8. The second kappa shape index (κ2) is 7.03. The number of ketones is 2. The van der Waals surface area contributed by atoms with Crippen molar-refractivity contribution in [3.63, 3.8) is 0 Å². The average molecular weight is 251 g/mol. The van der Waals surface area contributed by atoms with E-state index >= 15 is 0 Å². The van der Waals surface area contributed by atoms with Crippen LogP contribution < -0.4 is 5.32 Å². The summed E-state index contributed by atoms with van der Waals surface area (Å²) in [6, 6.07) is -0.0488. The van der Waals surface area contributed by atoms with Crippen LogP contribution in [-0.4, -0.2) is 24.2 Å². The lowest BCUT2D eigenvalue weighted by molar-refractivity contribution is -0.129. The molecule has 0 aromatic rings. The molecule has 18 heavy (non-hydrogen) atoms. The molecule has 1 aliphatic carbocycles.